The van der Waals surface area contributed by atoms with Crippen molar-refractivity contribution in [1.82, 2.24) is 5.32 Å². The summed E-state index contributed by atoms with van der Waals surface area (Å²) in [5.41, 5.74) is 1.05. The molecular formula is C13H19FN2O2. The summed E-state index contributed by atoms with van der Waals surface area (Å²) in [6, 6.07) is 4.34. The summed E-state index contributed by atoms with van der Waals surface area (Å²) >= 11 is 0. The van der Waals surface area contributed by atoms with Crippen LogP contribution < -0.4 is 10.2 Å². The van der Waals surface area contributed by atoms with Gasteiger partial charge in [0.05, 0.1) is 13.2 Å². The van der Waals surface area contributed by atoms with Gasteiger partial charge in [-0.3, -0.25) is 4.79 Å². The van der Waals surface area contributed by atoms with Gasteiger partial charge >= 0.3 is 0 Å². The fraction of sp³-hybridized carbons (Fsp3) is 0.462. The molecule has 0 saturated carbocycles. The van der Waals surface area contributed by atoms with E-state index in [1.165, 1.54) is 12.1 Å². The molecule has 0 spiro atoms. The Labute approximate surface area is 106 Å². The molecule has 5 heteroatoms. The van der Waals surface area contributed by atoms with Crippen LogP contribution in [0.15, 0.2) is 18.2 Å². The number of benzene rings is 1. The summed E-state index contributed by atoms with van der Waals surface area (Å²) in [6.45, 7) is 3.68. The number of amides is 1. The minimum Gasteiger partial charge on any atom is -0.392 e. The third-order valence-corrected chi connectivity index (χ3v) is 2.40. The van der Waals surface area contributed by atoms with E-state index >= 15 is 0 Å². The van der Waals surface area contributed by atoms with E-state index in [1.54, 1.807) is 18.0 Å². The second-order valence-corrected chi connectivity index (χ2v) is 4.55. The van der Waals surface area contributed by atoms with Crippen molar-refractivity contribution in [1.29, 1.82) is 0 Å². The Hall–Kier alpha value is -1.62. The quantitative estimate of drug-likeness (QED) is 0.832. The van der Waals surface area contributed by atoms with Crippen LogP contribution in [0.4, 0.5) is 10.1 Å². The van der Waals surface area contributed by atoms with Gasteiger partial charge in [-0.2, -0.15) is 0 Å². The van der Waals surface area contributed by atoms with Crippen molar-refractivity contribution >= 4 is 11.6 Å². The molecule has 0 unspecified atom stereocenters. The number of aliphatic hydroxyl groups excluding tert-OH is 1. The summed E-state index contributed by atoms with van der Waals surface area (Å²) in [5.74, 6) is -0.546. The lowest BCUT2D eigenvalue weighted by Crippen LogP contribution is -2.38. The van der Waals surface area contributed by atoms with Gasteiger partial charge in [0.25, 0.3) is 0 Å². The molecule has 100 valence electrons. The number of carbonyl (C=O) groups is 1. The number of halogens is 1. The van der Waals surface area contributed by atoms with Crippen LogP contribution in [0.2, 0.25) is 0 Å². The highest BCUT2D eigenvalue weighted by molar-refractivity contribution is 5.81. The Balaban J connectivity index is 2.74. The zero-order valence-corrected chi connectivity index (χ0v) is 10.9. The molecule has 18 heavy (non-hydrogen) atoms. The first kappa shape index (κ1) is 14.4. The maximum atomic E-state index is 13.3. The molecular weight excluding hydrogens is 235 g/mol. The SMILES string of the molecule is CC(C)NC(=O)CN(C)c1cc(F)cc(CO)c1. The molecule has 0 aliphatic rings. The zero-order chi connectivity index (χ0) is 13.7. The Kier molecular flexibility index (Phi) is 5.09. The number of rotatable bonds is 5. The van der Waals surface area contributed by atoms with E-state index in [1.807, 2.05) is 13.8 Å². The van der Waals surface area contributed by atoms with Crippen molar-refractivity contribution in [3.63, 3.8) is 0 Å². The predicted octanol–water partition coefficient (Wildman–Crippen LogP) is 1.28. The number of hydrogen-bond donors (Lipinski definition) is 2. The largest absolute Gasteiger partial charge is 0.392 e. The molecule has 0 radical (unpaired) electrons. The standard InChI is InChI=1S/C13H19FN2O2/c1-9(2)15-13(18)7-16(3)12-5-10(8-17)4-11(14)6-12/h4-6,9,17H,7-8H2,1-3H3,(H,15,18). The van der Waals surface area contributed by atoms with Crippen molar-refractivity contribution in [2.24, 2.45) is 0 Å². The monoisotopic (exact) mass is 254 g/mol. The summed E-state index contributed by atoms with van der Waals surface area (Å²) in [5, 5.41) is 11.8. The molecule has 0 heterocycles. The minimum absolute atomic E-state index is 0.0754. The highest BCUT2D eigenvalue weighted by Gasteiger charge is 2.10. The van der Waals surface area contributed by atoms with Crippen molar-refractivity contribution in [3.8, 4) is 0 Å². The van der Waals surface area contributed by atoms with E-state index < -0.39 is 5.82 Å². The number of aliphatic hydroxyl groups is 1. The van der Waals surface area contributed by atoms with Gasteiger partial charge in [-0.1, -0.05) is 0 Å². The van der Waals surface area contributed by atoms with E-state index in [9.17, 15) is 9.18 Å². The first-order valence-electron chi connectivity index (χ1n) is 5.83. The first-order valence-corrected chi connectivity index (χ1v) is 5.83. The fourth-order valence-corrected chi connectivity index (χ4v) is 1.62. The van der Waals surface area contributed by atoms with E-state index in [4.69, 9.17) is 5.11 Å². The third-order valence-electron chi connectivity index (χ3n) is 2.40. The molecule has 4 nitrogen and oxygen atoms in total. The normalized spacial score (nSPS) is 10.6. The highest BCUT2D eigenvalue weighted by atomic mass is 19.1. The first-order chi connectivity index (χ1) is 8.42. The van der Waals surface area contributed by atoms with Crippen LogP contribution in [-0.4, -0.2) is 30.6 Å². The Morgan fingerprint density at radius 1 is 1.44 bits per heavy atom. The highest BCUT2D eigenvalue weighted by Crippen LogP contribution is 2.17. The average Bonchev–Trinajstić information content (AvgIpc) is 2.26. The van der Waals surface area contributed by atoms with Crippen molar-refractivity contribution in [2.75, 3.05) is 18.5 Å². The molecule has 0 bridgehead atoms. The van der Waals surface area contributed by atoms with Crippen molar-refractivity contribution in [3.05, 3.63) is 29.6 Å². The maximum Gasteiger partial charge on any atom is 0.239 e. The minimum atomic E-state index is -0.423. The molecule has 0 aliphatic heterocycles. The van der Waals surface area contributed by atoms with Gasteiger partial charge in [0.2, 0.25) is 5.91 Å². The van der Waals surface area contributed by atoms with Crippen LogP contribution >= 0.6 is 0 Å². The Morgan fingerprint density at radius 3 is 2.67 bits per heavy atom. The van der Waals surface area contributed by atoms with Crippen molar-refractivity contribution in [2.45, 2.75) is 26.5 Å². The third kappa shape index (κ3) is 4.33. The zero-order valence-electron chi connectivity index (χ0n) is 10.9. The summed E-state index contributed by atoms with van der Waals surface area (Å²) in [7, 11) is 1.70. The van der Waals surface area contributed by atoms with E-state index in [0.29, 0.717) is 11.3 Å². The van der Waals surface area contributed by atoms with E-state index in [-0.39, 0.29) is 25.1 Å². The molecule has 0 fully saturated rings. The molecule has 1 amide bonds. The van der Waals surface area contributed by atoms with Crippen LogP contribution in [0.25, 0.3) is 0 Å². The Morgan fingerprint density at radius 2 is 2.11 bits per heavy atom. The van der Waals surface area contributed by atoms with Gasteiger partial charge in [0.15, 0.2) is 0 Å². The van der Waals surface area contributed by atoms with Crippen LogP contribution in [0, 0.1) is 5.82 Å². The van der Waals surface area contributed by atoms with Gasteiger partial charge in [-0.25, -0.2) is 4.39 Å². The van der Waals surface area contributed by atoms with Crippen LogP contribution in [0.1, 0.15) is 19.4 Å². The predicted molar refractivity (Wildman–Crippen MR) is 68.9 cm³/mol. The molecule has 1 aromatic rings. The number of nitrogens with zero attached hydrogens (tertiary/aromatic N) is 1. The van der Waals surface area contributed by atoms with Crippen LogP contribution in [0.5, 0.6) is 0 Å². The van der Waals surface area contributed by atoms with Crippen molar-refractivity contribution < 1.29 is 14.3 Å². The molecule has 0 aliphatic carbocycles. The number of likely N-dealkylation sites (N-methyl/N-ethyl adjacent to an activating group) is 1. The molecule has 0 aromatic heterocycles. The lowest BCUT2D eigenvalue weighted by molar-refractivity contribution is -0.120. The second-order valence-electron chi connectivity index (χ2n) is 4.55. The molecule has 0 atom stereocenters. The smallest absolute Gasteiger partial charge is 0.239 e. The van der Waals surface area contributed by atoms with Gasteiger partial charge in [-0.15, -0.1) is 0 Å². The lowest BCUT2D eigenvalue weighted by Gasteiger charge is -2.20. The topological polar surface area (TPSA) is 52.6 Å². The van der Waals surface area contributed by atoms with Gasteiger partial charge in [0, 0.05) is 18.8 Å². The number of anilines is 1. The number of nitrogens with one attached hydrogen (secondary N) is 1. The summed E-state index contributed by atoms with van der Waals surface area (Å²) < 4.78 is 13.3. The van der Waals surface area contributed by atoms with E-state index in [2.05, 4.69) is 5.32 Å². The summed E-state index contributed by atoms with van der Waals surface area (Å²) in [6.07, 6.45) is 0. The number of hydrogen-bond acceptors (Lipinski definition) is 3. The van der Waals surface area contributed by atoms with E-state index in [0.717, 1.165) is 0 Å². The molecule has 2 N–H and O–H groups in total. The average molecular weight is 254 g/mol. The molecule has 0 saturated heterocycles. The fourth-order valence-electron chi connectivity index (χ4n) is 1.62. The van der Waals surface area contributed by atoms with Gasteiger partial charge in [-0.05, 0) is 37.6 Å². The maximum absolute atomic E-state index is 13.3. The van der Waals surface area contributed by atoms with Crippen LogP contribution in [-0.2, 0) is 11.4 Å². The second kappa shape index (κ2) is 6.35. The Bertz CT molecular complexity index is 421. The van der Waals surface area contributed by atoms with Gasteiger partial charge in [0.1, 0.15) is 5.82 Å². The number of carbonyl (C=O) groups excluding carboxylic acids is 1. The van der Waals surface area contributed by atoms with Gasteiger partial charge < -0.3 is 15.3 Å². The van der Waals surface area contributed by atoms with Crippen LogP contribution in [0.3, 0.4) is 0 Å². The lowest BCUT2D eigenvalue weighted by atomic mass is 10.2. The molecule has 1 rings (SSSR count). The molecule has 1 aromatic carbocycles. The summed E-state index contributed by atoms with van der Waals surface area (Å²) in [4.78, 5) is 13.2.